The van der Waals surface area contributed by atoms with Crippen LogP contribution in [0, 0.1) is 6.92 Å². The van der Waals surface area contributed by atoms with E-state index in [0.717, 1.165) is 24.1 Å². The number of nitrogen functional groups attached to an aromatic ring is 1. The first-order chi connectivity index (χ1) is 7.06. The van der Waals surface area contributed by atoms with Crippen LogP contribution in [0.3, 0.4) is 0 Å². The molecule has 0 bridgehead atoms. The molecule has 4 N–H and O–H groups in total. The zero-order valence-electron chi connectivity index (χ0n) is 8.63. The van der Waals surface area contributed by atoms with Crippen molar-refractivity contribution in [3.8, 4) is 0 Å². The number of hydrogen-bond donors (Lipinski definition) is 3. The van der Waals surface area contributed by atoms with Crippen LogP contribution in [0.15, 0.2) is 12.1 Å². The molecule has 1 aliphatic carbocycles. The maximum Gasteiger partial charge on any atom is 0.0656 e. The van der Waals surface area contributed by atoms with Crippen LogP contribution in [-0.4, -0.2) is 17.3 Å². The molecule has 1 fully saturated rings. The SMILES string of the molecule is Cc1cc(N)c(Cl)cc1NC1CC(O)C1. The summed E-state index contributed by atoms with van der Waals surface area (Å²) >= 11 is 5.94. The number of rotatable bonds is 2. The van der Waals surface area contributed by atoms with Crippen molar-refractivity contribution in [3.63, 3.8) is 0 Å². The Kier molecular flexibility index (Phi) is 2.76. The number of aliphatic hydroxyl groups is 1. The summed E-state index contributed by atoms with van der Waals surface area (Å²) in [5.41, 5.74) is 8.38. The van der Waals surface area contributed by atoms with Gasteiger partial charge in [-0.2, -0.15) is 0 Å². The molecule has 0 spiro atoms. The van der Waals surface area contributed by atoms with E-state index < -0.39 is 0 Å². The predicted molar refractivity (Wildman–Crippen MR) is 63.3 cm³/mol. The number of benzene rings is 1. The third-order valence-corrected chi connectivity index (χ3v) is 3.14. The fourth-order valence-electron chi connectivity index (χ4n) is 1.78. The maximum atomic E-state index is 9.18. The van der Waals surface area contributed by atoms with E-state index in [1.807, 2.05) is 19.1 Å². The van der Waals surface area contributed by atoms with E-state index in [2.05, 4.69) is 5.32 Å². The molecule has 0 atom stereocenters. The molecule has 82 valence electrons. The topological polar surface area (TPSA) is 58.3 Å². The van der Waals surface area contributed by atoms with Crippen LogP contribution in [0.1, 0.15) is 18.4 Å². The van der Waals surface area contributed by atoms with Crippen LogP contribution in [0.2, 0.25) is 5.02 Å². The van der Waals surface area contributed by atoms with Crippen molar-refractivity contribution in [2.45, 2.75) is 31.9 Å². The first-order valence-electron chi connectivity index (χ1n) is 5.06. The van der Waals surface area contributed by atoms with Crippen LogP contribution >= 0.6 is 11.6 Å². The summed E-state index contributed by atoms with van der Waals surface area (Å²) in [6, 6.07) is 4.06. The number of aryl methyl sites for hydroxylation is 1. The number of halogens is 1. The van der Waals surface area contributed by atoms with E-state index in [0.29, 0.717) is 16.8 Å². The van der Waals surface area contributed by atoms with Crippen molar-refractivity contribution in [3.05, 3.63) is 22.7 Å². The van der Waals surface area contributed by atoms with Gasteiger partial charge in [-0.15, -0.1) is 0 Å². The van der Waals surface area contributed by atoms with E-state index in [1.165, 1.54) is 0 Å². The van der Waals surface area contributed by atoms with Crippen LogP contribution in [0.5, 0.6) is 0 Å². The van der Waals surface area contributed by atoms with Gasteiger partial charge in [-0.05, 0) is 37.5 Å². The van der Waals surface area contributed by atoms with Gasteiger partial charge in [0.1, 0.15) is 0 Å². The summed E-state index contributed by atoms with van der Waals surface area (Å²) < 4.78 is 0. The molecule has 1 aliphatic rings. The first kappa shape index (κ1) is 10.6. The van der Waals surface area contributed by atoms with E-state index in [1.54, 1.807) is 0 Å². The average Bonchev–Trinajstić information content (AvgIpc) is 2.11. The lowest BCUT2D eigenvalue weighted by molar-refractivity contribution is 0.0836. The number of aliphatic hydroxyl groups excluding tert-OH is 1. The molecule has 0 amide bonds. The zero-order valence-corrected chi connectivity index (χ0v) is 9.38. The van der Waals surface area contributed by atoms with Crippen LogP contribution < -0.4 is 11.1 Å². The van der Waals surface area contributed by atoms with Gasteiger partial charge in [-0.1, -0.05) is 11.6 Å². The quantitative estimate of drug-likeness (QED) is 0.678. The summed E-state index contributed by atoms with van der Waals surface area (Å²) in [4.78, 5) is 0. The number of hydrogen-bond acceptors (Lipinski definition) is 3. The van der Waals surface area contributed by atoms with Crippen LogP contribution in [-0.2, 0) is 0 Å². The van der Waals surface area contributed by atoms with Crippen molar-refractivity contribution in [2.24, 2.45) is 0 Å². The number of anilines is 2. The second-order valence-corrected chi connectivity index (χ2v) is 4.56. The first-order valence-corrected chi connectivity index (χ1v) is 5.44. The lowest BCUT2D eigenvalue weighted by Gasteiger charge is -2.33. The Labute approximate surface area is 94.2 Å². The molecule has 4 heteroatoms. The standard InChI is InChI=1S/C11H15ClN2O/c1-6-2-10(13)9(12)5-11(6)14-7-3-8(15)4-7/h2,5,7-8,14-15H,3-4,13H2,1H3. The van der Waals surface area contributed by atoms with Crippen molar-refractivity contribution in [1.29, 1.82) is 0 Å². The molecule has 0 radical (unpaired) electrons. The van der Waals surface area contributed by atoms with E-state index in [-0.39, 0.29) is 6.10 Å². The highest BCUT2D eigenvalue weighted by atomic mass is 35.5. The molecule has 1 aromatic carbocycles. The summed E-state index contributed by atoms with van der Waals surface area (Å²) in [5, 5.41) is 13.1. The monoisotopic (exact) mass is 226 g/mol. The highest BCUT2D eigenvalue weighted by Gasteiger charge is 2.27. The van der Waals surface area contributed by atoms with Gasteiger partial charge in [0, 0.05) is 11.7 Å². The lowest BCUT2D eigenvalue weighted by atomic mass is 9.89. The highest BCUT2D eigenvalue weighted by Crippen LogP contribution is 2.30. The maximum absolute atomic E-state index is 9.18. The molecule has 1 aromatic rings. The van der Waals surface area contributed by atoms with Crippen LogP contribution in [0.4, 0.5) is 11.4 Å². The number of nitrogens with one attached hydrogen (secondary N) is 1. The molecular weight excluding hydrogens is 212 g/mol. The van der Waals surface area contributed by atoms with Crippen molar-refractivity contribution >= 4 is 23.0 Å². The smallest absolute Gasteiger partial charge is 0.0656 e. The zero-order chi connectivity index (χ0) is 11.0. The van der Waals surface area contributed by atoms with E-state index in [4.69, 9.17) is 17.3 Å². The van der Waals surface area contributed by atoms with Gasteiger partial charge in [0.05, 0.1) is 16.8 Å². The van der Waals surface area contributed by atoms with Gasteiger partial charge in [-0.3, -0.25) is 0 Å². The van der Waals surface area contributed by atoms with Gasteiger partial charge in [0.2, 0.25) is 0 Å². The minimum atomic E-state index is -0.146. The largest absolute Gasteiger partial charge is 0.398 e. The summed E-state index contributed by atoms with van der Waals surface area (Å²) in [7, 11) is 0. The Balaban J connectivity index is 2.11. The van der Waals surface area contributed by atoms with Gasteiger partial charge in [0.25, 0.3) is 0 Å². The molecule has 0 heterocycles. The van der Waals surface area contributed by atoms with Gasteiger partial charge in [0.15, 0.2) is 0 Å². The Morgan fingerprint density at radius 3 is 2.73 bits per heavy atom. The molecule has 15 heavy (non-hydrogen) atoms. The Hall–Kier alpha value is -0.930. The van der Waals surface area contributed by atoms with Crippen LogP contribution in [0.25, 0.3) is 0 Å². The van der Waals surface area contributed by atoms with Gasteiger partial charge < -0.3 is 16.2 Å². The van der Waals surface area contributed by atoms with Gasteiger partial charge >= 0.3 is 0 Å². The third kappa shape index (κ3) is 2.19. The highest BCUT2D eigenvalue weighted by molar-refractivity contribution is 6.33. The molecule has 0 unspecified atom stereocenters. The molecule has 0 aliphatic heterocycles. The van der Waals surface area contributed by atoms with Crippen molar-refractivity contribution < 1.29 is 5.11 Å². The van der Waals surface area contributed by atoms with E-state index >= 15 is 0 Å². The third-order valence-electron chi connectivity index (χ3n) is 2.82. The Morgan fingerprint density at radius 2 is 2.13 bits per heavy atom. The molecule has 0 aromatic heterocycles. The summed E-state index contributed by atoms with van der Waals surface area (Å²) in [6.07, 6.45) is 1.47. The second kappa shape index (κ2) is 3.91. The number of nitrogens with two attached hydrogens (primary N) is 1. The predicted octanol–water partition coefficient (Wildman–Crippen LogP) is 2.17. The molecule has 1 saturated carbocycles. The molecule has 0 saturated heterocycles. The van der Waals surface area contributed by atoms with E-state index in [9.17, 15) is 5.11 Å². The molecular formula is C11H15ClN2O. The van der Waals surface area contributed by atoms with Crippen molar-refractivity contribution in [2.75, 3.05) is 11.1 Å². The molecule has 3 nitrogen and oxygen atoms in total. The Morgan fingerprint density at radius 1 is 1.47 bits per heavy atom. The molecule has 2 rings (SSSR count). The lowest BCUT2D eigenvalue weighted by Crippen LogP contribution is -2.39. The average molecular weight is 227 g/mol. The minimum Gasteiger partial charge on any atom is -0.398 e. The Bertz CT molecular complexity index is 375. The van der Waals surface area contributed by atoms with Crippen molar-refractivity contribution in [1.82, 2.24) is 0 Å². The van der Waals surface area contributed by atoms with Gasteiger partial charge in [-0.25, -0.2) is 0 Å². The fourth-order valence-corrected chi connectivity index (χ4v) is 1.95. The second-order valence-electron chi connectivity index (χ2n) is 4.16. The minimum absolute atomic E-state index is 0.146. The normalized spacial score (nSPS) is 24.7. The summed E-state index contributed by atoms with van der Waals surface area (Å²) in [6.45, 7) is 1.99. The summed E-state index contributed by atoms with van der Waals surface area (Å²) in [5.74, 6) is 0. The fraction of sp³-hybridized carbons (Fsp3) is 0.455.